The normalized spacial score (nSPS) is 11.0. The number of carboxylic acids is 1. The molecule has 0 amide bonds. The van der Waals surface area contributed by atoms with Crippen molar-refractivity contribution in [1.82, 2.24) is 9.80 Å². The van der Waals surface area contributed by atoms with Gasteiger partial charge < -0.3 is 41.7 Å². The van der Waals surface area contributed by atoms with Crippen molar-refractivity contribution >= 4 is 29.3 Å². The number of nitrogens with two attached hydrogens (primary N) is 2. The number of rotatable bonds is 7. The topological polar surface area (TPSA) is 252 Å². The van der Waals surface area contributed by atoms with Gasteiger partial charge >= 0.3 is 5.97 Å². The van der Waals surface area contributed by atoms with Crippen LogP contribution in [0, 0.1) is 21.6 Å². The van der Waals surface area contributed by atoms with Crippen molar-refractivity contribution in [3.05, 3.63) is 0 Å². The van der Waals surface area contributed by atoms with Crippen molar-refractivity contribution in [2.24, 2.45) is 11.5 Å². The largest absolute Gasteiger partial charge is 0.479 e. The van der Waals surface area contributed by atoms with Crippen molar-refractivity contribution in [2.45, 2.75) is 32.5 Å². The van der Waals surface area contributed by atoms with Gasteiger partial charge in [-0.25, -0.2) is 4.79 Å². The molecular weight excluding hydrogens is 372 g/mol. The molecule has 0 heterocycles. The number of amidine groups is 4. The summed E-state index contributed by atoms with van der Waals surface area (Å²) >= 11 is 0. The maximum absolute atomic E-state index is 9.78. The number of aliphatic hydroxyl groups excluding tert-OH is 3. The van der Waals surface area contributed by atoms with Gasteiger partial charge in [-0.15, -0.1) is 0 Å². The predicted octanol–water partition coefficient (Wildman–Crippen LogP) is -1.88. The SMILES string of the molecule is C.CN(C)C(=N)CC(=N)N.CN(C)C(=N)CC(=N)N.O=C(O)[C@H](O)[C@@H](O)CO. The molecule has 0 saturated heterocycles. The molecule has 0 unspecified atom stereocenters. The van der Waals surface area contributed by atoms with E-state index in [2.05, 4.69) is 0 Å². The quantitative estimate of drug-likeness (QED) is 0.167. The second-order valence-corrected chi connectivity index (χ2v) is 5.62. The standard InChI is InChI=1S/2C5H12N4.C4H8O5.CH4/c2*1-9(2)5(8)3-4(6)7;5-1-2(6)3(7)4(8)9;/h2*8H,3H2,1-2H3,(H3,6,7);2-3,5-7H,1H2,(H,8,9);1H4/t;;2-,3+;/m..0./s1. The number of nitrogens with one attached hydrogen (secondary N) is 4. The van der Waals surface area contributed by atoms with Crippen molar-refractivity contribution in [1.29, 1.82) is 21.6 Å². The minimum Gasteiger partial charge on any atom is -0.479 e. The number of nitrogens with zero attached hydrogens (tertiary/aromatic N) is 2. The zero-order valence-electron chi connectivity index (χ0n) is 16.0. The van der Waals surface area contributed by atoms with Crippen molar-refractivity contribution in [3.8, 4) is 0 Å². The van der Waals surface area contributed by atoms with E-state index >= 15 is 0 Å². The first-order chi connectivity index (χ1) is 12.2. The summed E-state index contributed by atoms with van der Waals surface area (Å²) in [5, 5.41) is 60.9. The van der Waals surface area contributed by atoms with E-state index in [0.29, 0.717) is 11.7 Å². The summed E-state index contributed by atoms with van der Waals surface area (Å²) in [7, 11) is 7.02. The van der Waals surface area contributed by atoms with E-state index in [1.54, 1.807) is 38.0 Å². The van der Waals surface area contributed by atoms with Crippen LogP contribution in [0.25, 0.3) is 0 Å². The lowest BCUT2D eigenvalue weighted by molar-refractivity contribution is -0.154. The maximum Gasteiger partial charge on any atom is 0.335 e. The number of carbonyl (C=O) groups is 1. The first kappa shape index (κ1) is 32.9. The summed E-state index contributed by atoms with van der Waals surface area (Å²) in [6.45, 7) is -0.756. The molecule has 0 bridgehead atoms. The van der Waals surface area contributed by atoms with Gasteiger partial charge in [0.05, 0.1) is 31.1 Å². The summed E-state index contributed by atoms with van der Waals surface area (Å²) in [6, 6.07) is 0. The van der Waals surface area contributed by atoms with Crippen LogP contribution >= 0.6 is 0 Å². The summed E-state index contributed by atoms with van der Waals surface area (Å²) in [5.41, 5.74) is 10.1. The Bertz CT molecular complexity index is 479. The van der Waals surface area contributed by atoms with Gasteiger partial charge in [-0.05, 0) is 0 Å². The average molecular weight is 409 g/mol. The second-order valence-electron chi connectivity index (χ2n) is 5.62. The minimum atomic E-state index is -1.89. The third-order valence-electron chi connectivity index (χ3n) is 2.60. The fourth-order valence-electron chi connectivity index (χ4n) is 0.941. The Morgan fingerprint density at radius 1 is 0.893 bits per heavy atom. The van der Waals surface area contributed by atoms with E-state index in [1.165, 1.54) is 0 Å². The molecule has 0 aliphatic rings. The zero-order chi connectivity index (χ0) is 22.3. The third kappa shape index (κ3) is 21.3. The highest BCUT2D eigenvalue weighted by molar-refractivity contribution is 5.99. The molecule has 166 valence electrons. The number of aliphatic carboxylic acids is 1. The molecule has 0 spiro atoms. The molecule has 2 atom stereocenters. The van der Waals surface area contributed by atoms with Crippen LogP contribution in [0.1, 0.15) is 20.3 Å². The minimum absolute atomic E-state index is 0. The molecule has 13 nitrogen and oxygen atoms in total. The number of aliphatic hydroxyl groups is 3. The molecule has 12 N–H and O–H groups in total. The van der Waals surface area contributed by atoms with Gasteiger partial charge in [-0.3, -0.25) is 21.6 Å². The van der Waals surface area contributed by atoms with E-state index < -0.39 is 24.8 Å². The van der Waals surface area contributed by atoms with Crippen LogP contribution in [-0.4, -0.2) is 107 Å². The van der Waals surface area contributed by atoms with Crippen LogP contribution in [0.2, 0.25) is 0 Å². The van der Waals surface area contributed by atoms with Crippen molar-refractivity contribution in [3.63, 3.8) is 0 Å². The molecule has 0 aliphatic heterocycles. The van der Waals surface area contributed by atoms with Crippen molar-refractivity contribution in [2.75, 3.05) is 34.8 Å². The second kappa shape index (κ2) is 17.6. The smallest absolute Gasteiger partial charge is 0.335 e. The fraction of sp³-hybridized carbons (Fsp3) is 0.667. The summed E-state index contributed by atoms with van der Waals surface area (Å²) in [5.74, 6) is -0.746. The van der Waals surface area contributed by atoms with E-state index in [1.807, 2.05) is 0 Å². The Morgan fingerprint density at radius 2 is 1.18 bits per heavy atom. The number of hydrogen-bond acceptors (Lipinski definition) is 8. The number of carboxylic acid groups (broad SMARTS) is 1. The highest BCUT2D eigenvalue weighted by Gasteiger charge is 2.21. The lowest BCUT2D eigenvalue weighted by Crippen LogP contribution is -2.36. The Morgan fingerprint density at radius 3 is 1.25 bits per heavy atom. The molecule has 0 rings (SSSR count). The van der Waals surface area contributed by atoms with E-state index in [9.17, 15) is 4.79 Å². The number of hydrogen-bond donors (Lipinski definition) is 10. The van der Waals surface area contributed by atoms with Crippen LogP contribution in [0.5, 0.6) is 0 Å². The lowest BCUT2D eigenvalue weighted by Gasteiger charge is -2.11. The molecule has 0 fully saturated rings. The first-order valence-corrected chi connectivity index (χ1v) is 7.52. The summed E-state index contributed by atoms with van der Waals surface area (Å²) < 4.78 is 0. The maximum atomic E-state index is 9.78. The highest BCUT2D eigenvalue weighted by Crippen LogP contribution is 1.90. The van der Waals surface area contributed by atoms with E-state index in [-0.39, 0.29) is 31.9 Å². The highest BCUT2D eigenvalue weighted by atomic mass is 16.4. The van der Waals surface area contributed by atoms with Crippen LogP contribution in [0.15, 0.2) is 0 Å². The molecule has 0 aromatic carbocycles. The lowest BCUT2D eigenvalue weighted by atomic mass is 10.2. The van der Waals surface area contributed by atoms with Gasteiger partial charge in [0.15, 0.2) is 6.10 Å². The zero-order valence-corrected chi connectivity index (χ0v) is 16.0. The van der Waals surface area contributed by atoms with Gasteiger partial charge in [0.25, 0.3) is 0 Å². The van der Waals surface area contributed by atoms with E-state index in [4.69, 9.17) is 53.5 Å². The van der Waals surface area contributed by atoms with Crippen LogP contribution in [0.3, 0.4) is 0 Å². The molecule has 0 saturated carbocycles. The third-order valence-corrected chi connectivity index (χ3v) is 2.60. The summed E-state index contributed by atoms with van der Waals surface area (Å²) in [6.07, 6.45) is -3.00. The van der Waals surface area contributed by atoms with Gasteiger partial charge in [-0.1, -0.05) is 7.43 Å². The molecule has 0 aromatic rings. The van der Waals surface area contributed by atoms with Crippen LogP contribution in [-0.2, 0) is 4.79 Å². The van der Waals surface area contributed by atoms with Gasteiger partial charge in [0.2, 0.25) is 0 Å². The van der Waals surface area contributed by atoms with Gasteiger partial charge in [0.1, 0.15) is 17.8 Å². The van der Waals surface area contributed by atoms with E-state index in [0.717, 1.165) is 0 Å². The molecular formula is C15H36N8O5. The van der Waals surface area contributed by atoms with Crippen LogP contribution in [0.4, 0.5) is 0 Å². The molecule has 0 aliphatic carbocycles. The van der Waals surface area contributed by atoms with Gasteiger partial charge in [-0.2, -0.15) is 0 Å². The fourth-order valence-corrected chi connectivity index (χ4v) is 0.941. The van der Waals surface area contributed by atoms with Gasteiger partial charge in [0, 0.05) is 28.2 Å². The van der Waals surface area contributed by atoms with Crippen LogP contribution < -0.4 is 11.5 Å². The molecule has 28 heavy (non-hydrogen) atoms. The molecule has 0 aromatic heterocycles. The predicted molar refractivity (Wildman–Crippen MR) is 109 cm³/mol. The Hall–Kier alpha value is -2.77. The Labute approximate surface area is 165 Å². The monoisotopic (exact) mass is 408 g/mol. The first-order valence-electron chi connectivity index (χ1n) is 7.52. The summed E-state index contributed by atoms with van der Waals surface area (Å²) in [4.78, 5) is 13.0. The average Bonchev–Trinajstić information content (AvgIpc) is 2.52. The molecule has 13 heteroatoms. The molecule has 0 radical (unpaired) electrons. The Balaban J connectivity index is -0.000000152. The van der Waals surface area contributed by atoms with Crippen molar-refractivity contribution < 1.29 is 25.2 Å². The Kier molecular flexibility index (Phi) is 20.7.